The molecule has 160 valence electrons. The molecule has 0 spiro atoms. The summed E-state index contributed by atoms with van der Waals surface area (Å²) in [7, 11) is 3.33. The minimum Gasteiger partial charge on any atom is -0.497 e. The molecular formula is C22H24N6O2S. The van der Waals surface area contributed by atoms with Gasteiger partial charge < -0.3 is 19.7 Å². The predicted molar refractivity (Wildman–Crippen MR) is 122 cm³/mol. The fourth-order valence-corrected chi connectivity index (χ4v) is 4.53. The average molecular weight is 437 g/mol. The summed E-state index contributed by atoms with van der Waals surface area (Å²) in [5.74, 6) is 3.30. The number of nitrogens with one attached hydrogen (secondary N) is 1. The summed E-state index contributed by atoms with van der Waals surface area (Å²) in [6, 6.07) is 12.3. The van der Waals surface area contributed by atoms with Crippen LogP contribution in [0.1, 0.15) is 12.8 Å². The molecule has 0 bridgehead atoms. The van der Waals surface area contributed by atoms with Crippen LogP contribution in [0.2, 0.25) is 0 Å². The average Bonchev–Trinajstić information content (AvgIpc) is 3.48. The van der Waals surface area contributed by atoms with E-state index in [0.717, 1.165) is 66.0 Å². The minimum atomic E-state index is 0.382. The van der Waals surface area contributed by atoms with Crippen LogP contribution < -0.4 is 19.7 Å². The Morgan fingerprint density at radius 3 is 2.45 bits per heavy atom. The lowest BCUT2D eigenvalue weighted by Crippen LogP contribution is -2.39. The highest BCUT2D eigenvalue weighted by atomic mass is 32.1. The maximum Gasteiger partial charge on any atom is 0.186 e. The molecule has 0 aliphatic carbocycles. The molecule has 0 radical (unpaired) electrons. The number of anilines is 2. The van der Waals surface area contributed by atoms with Crippen molar-refractivity contribution in [3.63, 3.8) is 0 Å². The van der Waals surface area contributed by atoms with Crippen molar-refractivity contribution in [2.75, 3.05) is 37.5 Å². The topological polar surface area (TPSA) is 76.8 Å². The Morgan fingerprint density at radius 1 is 1.00 bits per heavy atom. The second-order valence-corrected chi connectivity index (χ2v) is 8.28. The van der Waals surface area contributed by atoms with Gasteiger partial charge in [0, 0.05) is 54.0 Å². The quantitative estimate of drug-likeness (QED) is 0.490. The number of piperidine rings is 1. The van der Waals surface area contributed by atoms with Gasteiger partial charge in [-0.3, -0.25) is 0 Å². The Labute approximate surface area is 184 Å². The van der Waals surface area contributed by atoms with Gasteiger partial charge in [0.05, 0.1) is 14.2 Å². The lowest BCUT2D eigenvalue weighted by Gasteiger charge is -2.33. The van der Waals surface area contributed by atoms with E-state index in [1.54, 1.807) is 25.6 Å². The molecule has 0 saturated carbocycles. The Balaban J connectivity index is 1.28. The highest BCUT2D eigenvalue weighted by Gasteiger charge is 2.21. The van der Waals surface area contributed by atoms with Crippen molar-refractivity contribution >= 4 is 28.5 Å². The van der Waals surface area contributed by atoms with E-state index < -0.39 is 0 Å². The molecule has 0 atom stereocenters. The SMILES string of the molecule is COc1cc(NC2CCN(c3ccc4nnc(-c5ccsc5)n4n3)CC2)cc(OC)c1. The largest absolute Gasteiger partial charge is 0.497 e. The van der Waals surface area contributed by atoms with Crippen LogP contribution in [-0.2, 0) is 0 Å². The molecule has 3 aromatic heterocycles. The molecule has 8 nitrogen and oxygen atoms in total. The van der Waals surface area contributed by atoms with Crippen LogP contribution in [0, 0.1) is 0 Å². The Kier molecular flexibility index (Phi) is 5.33. The summed E-state index contributed by atoms with van der Waals surface area (Å²) >= 11 is 1.64. The number of ether oxygens (including phenoxy) is 2. The molecule has 1 aliphatic rings. The van der Waals surface area contributed by atoms with Crippen molar-refractivity contribution in [2.24, 2.45) is 0 Å². The Morgan fingerprint density at radius 2 is 1.77 bits per heavy atom. The number of hydrogen-bond acceptors (Lipinski definition) is 8. The normalized spacial score (nSPS) is 14.7. The zero-order valence-corrected chi connectivity index (χ0v) is 18.3. The van der Waals surface area contributed by atoms with Gasteiger partial charge in [-0.05, 0) is 36.4 Å². The smallest absolute Gasteiger partial charge is 0.186 e. The fraction of sp³-hybridized carbons (Fsp3) is 0.318. The molecule has 1 aliphatic heterocycles. The molecule has 1 fully saturated rings. The van der Waals surface area contributed by atoms with Gasteiger partial charge in [0.15, 0.2) is 11.5 Å². The van der Waals surface area contributed by atoms with Crippen molar-refractivity contribution < 1.29 is 9.47 Å². The van der Waals surface area contributed by atoms with E-state index in [1.165, 1.54) is 0 Å². The van der Waals surface area contributed by atoms with Crippen LogP contribution in [0.25, 0.3) is 17.0 Å². The monoisotopic (exact) mass is 436 g/mol. The maximum absolute atomic E-state index is 5.38. The lowest BCUT2D eigenvalue weighted by atomic mass is 10.0. The zero-order chi connectivity index (χ0) is 21.2. The van der Waals surface area contributed by atoms with Gasteiger partial charge in [-0.2, -0.15) is 15.9 Å². The van der Waals surface area contributed by atoms with Crippen LogP contribution in [0.4, 0.5) is 11.5 Å². The first-order valence-corrected chi connectivity index (χ1v) is 11.2. The lowest BCUT2D eigenvalue weighted by molar-refractivity contribution is 0.394. The molecule has 1 aromatic carbocycles. The van der Waals surface area contributed by atoms with Gasteiger partial charge in [-0.15, -0.1) is 15.3 Å². The summed E-state index contributed by atoms with van der Waals surface area (Å²) in [5, 5.41) is 21.1. The van der Waals surface area contributed by atoms with Gasteiger partial charge in [-0.1, -0.05) is 0 Å². The van der Waals surface area contributed by atoms with Gasteiger partial charge in [0.25, 0.3) is 0 Å². The number of rotatable bonds is 6. The molecule has 31 heavy (non-hydrogen) atoms. The van der Waals surface area contributed by atoms with E-state index in [0.29, 0.717) is 6.04 Å². The van der Waals surface area contributed by atoms with Crippen molar-refractivity contribution in [3.8, 4) is 22.9 Å². The second-order valence-electron chi connectivity index (χ2n) is 7.50. The van der Waals surface area contributed by atoms with Crippen LogP contribution >= 0.6 is 11.3 Å². The summed E-state index contributed by atoms with van der Waals surface area (Å²) < 4.78 is 12.6. The number of fused-ring (bicyclic) bond motifs is 1. The molecule has 1 saturated heterocycles. The van der Waals surface area contributed by atoms with Gasteiger partial charge in [0.2, 0.25) is 0 Å². The first kappa shape index (κ1) is 19.6. The van der Waals surface area contributed by atoms with E-state index >= 15 is 0 Å². The van der Waals surface area contributed by atoms with Crippen molar-refractivity contribution in [3.05, 3.63) is 47.2 Å². The standard InChI is InChI=1S/C22H24N6O2S/c1-29-18-11-17(12-19(13-18)30-2)23-16-5-8-27(9-6-16)21-4-3-20-24-25-22(28(20)26-21)15-7-10-31-14-15/h3-4,7,10-14,16,23H,5-6,8-9H2,1-2H3. The zero-order valence-electron chi connectivity index (χ0n) is 17.5. The summed E-state index contributed by atoms with van der Waals surface area (Å²) in [5.41, 5.74) is 2.81. The third kappa shape index (κ3) is 4.00. The summed E-state index contributed by atoms with van der Waals surface area (Å²) in [4.78, 5) is 2.32. The Bertz CT molecular complexity index is 1150. The number of methoxy groups -OCH3 is 2. The number of hydrogen-bond donors (Lipinski definition) is 1. The summed E-state index contributed by atoms with van der Waals surface area (Å²) in [6.45, 7) is 1.85. The number of benzene rings is 1. The Hall–Kier alpha value is -3.33. The molecule has 0 unspecified atom stereocenters. The molecule has 4 aromatic rings. The van der Waals surface area contributed by atoms with E-state index in [2.05, 4.69) is 25.8 Å². The molecule has 0 amide bonds. The first-order valence-electron chi connectivity index (χ1n) is 10.2. The predicted octanol–water partition coefficient (Wildman–Crippen LogP) is 3.95. The molecule has 4 heterocycles. The third-order valence-electron chi connectivity index (χ3n) is 5.57. The minimum absolute atomic E-state index is 0.382. The van der Waals surface area contributed by atoms with Crippen molar-refractivity contribution in [2.45, 2.75) is 18.9 Å². The van der Waals surface area contributed by atoms with E-state index in [1.807, 2.05) is 46.3 Å². The molecule has 9 heteroatoms. The molecule has 1 N–H and O–H groups in total. The van der Waals surface area contributed by atoms with E-state index in [-0.39, 0.29) is 0 Å². The van der Waals surface area contributed by atoms with Crippen LogP contribution in [-0.4, -0.2) is 53.2 Å². The van der Waals surface area contributed by atoms with E-state index in [4.69, 9.17) is 14.6 Å². The highest BCUT2D eigenvalue weighted by molar-refractivity contribution is 7.08. The van der Waals surface area contributed by atoms with Crippen molar-refractivity contribution in [1.29, 1.82) is 0 Å². The third-order valence-corrected chi connectivity index (χ3v) is 6.25. The number of nitrogens with zero attached hydrogens (tertiary/aromatic N) is 5. The summed E-state index contributed by atoms with van der Waals surface area (Å²) in [6.07, 6.45) is 2.03. The fourth-order valence-electron chi connectivity index (χ4n) is 3.90. The maximum atomic E-state index is 5.38. The van der Waals surface area contributed by atoms with Gasteiger partial charge in [-0.25, -0.2) is 0 Å². The van der Waals surface area contributed by atoms with Crippen LogP contribution in [0.3, 0.4) is 0 Å². The number of aromatic nitrogens is 4. The molecule has 5 rings (SSSR count). The van der Waals surface area contributed by atoms with Gasteiger partial charge >= 0.3 is 0 Å². The first-order chi connectivity index (χ1) is 15.2. The van der Waals surface area contributed by atoms with Crippen molar-refractivity contribution in [1.82, 2.24) is 19.8 Å². The van der Waals surface area contributed by atoms with E-state index in [9.17, 15) is 0 Å². The molecular weight excluding hydrogens is 412 g/mol. The highest BCUT2D eigenvalue weighted by Crippen LogP contribution is 2.28. The number of thiophene rings is 1. The van der Waals surface area contributed by atoms with Crippen LogP contribution in [0.5, 0.6) is 11.5 Å². The van der Waals surface area contributed by atoms with Gasteiger partial charge in [0.1, 0.15) is 17.3 Å². The van der Waals surface area contributed by atoms with Crippen LogP contribution in [0.15, 0.2) is 47.2 Å². The second kappa shape index (κ2) is 8.43.